The van der Waals surface area contributed by atoms with Gasteiger partial charge in [-0.05, 0) is 32.8 Å². The Morgan fingerprint density at radius 3 is 2.67 bits per heavy atom. The maximum absolute atomic E-state index is 11.8. The number of nitrogens with two attached hydrogens (primary N) is 1. The van der Waals surface area contributed by atoms with E-state index in [1.165, 1.54) is 0 Å². The first kappa shape index (κ1) is 12.9. The van der Waals surface area contributed by atoms with Crippen LogP contribution in [0.1, 0.15) is 38.3 Å². The molecule has 1 fully saturated rings. The highest BCUT2D eigenvalue weighted by Crippen LogP contribution is 2.24. The van der Waals surface area contributed by atoms with E-state index in [2.05, 4.69) is 5.32 Å². The number of rotatable bonds is 5. The molecule has 4 nitrogen and oxygen atoms in total. The first-order chi connectivity index (χ1) is 8.58. The number of para-hydroxylation sites is 1. The van der Waals surface area contributed by atoms with Gasteiger partial charge < -0.3 is 15.8 Å². The summed E-state index contributed by atoms with van der Waals surface area (Å²) in [5.74, 6) is 0.628. The molecule has 1 aromatic rings. The second kappa shape index (κ2) is 5.40. The Hall–Kier alpha value is -1.55. The molecule has 1 aliphatic carbocycles. The molecular formula is C14H20N2O2. The molecule has 0 aromatic heterocycles. The topological polar surface area (TPSA) is 64.3 Å². The number of hydrogen-bond acceptors (Lipinski definition) is 3. The van der Waals surface area contributed by atoms with E-state index in [-0.39, 0.29) is 11.9 Å². The third-order valence-electron chi connectivity index (χ3n) is 3.01. The van der Waals surface area contributed by atoms with Crippen molar-refractivity contribution in [2.45, 2.75) is 44.9 Å². The van der Waals surface area contributed by atoms with E-state index < -0.39 is 6.10 Å². The lowest BCUT2D eigenvalue weighted by Crippen LogP contribution is -2.37. The molecule has 1 saturated carbocycles. The standard InChI is InChI=1S/C14H20N2O2/c1-9(15)12-5-3-4-6-13(12)18-10(2)14(17)16-11-7-8-11/h3-6,9-11H,7-8,15H2,1-2H3,(H,16,17). The van der Waals surface area contributed by atoms with Crippen molar-refractivity contribution in [3.63, 3.8) is 0 Å². The van der Waals surface area contributed by atoms with E-state index in [1.807, 2.05) is 31.2 Å². The van der Waals surface area contributed by atoms with Crippen LogP contribution in [0.25, 0.3) is 0 Å². The zero-order valence-corrected chi connectivity index (χ0v) is 10.8. The average Bonchev–Trinajstić information content (AvgIpc) is 3.13. The summed E-state index contributed by atoms with van der Waals surface area (Å²) in [4.78, 5) is 11.8. The minimum Gasteiger partial charge on any atom is -0.481 e. The number of carbonyl (C=O) groups is 1. The predicted octanol–water partition coefficient (Wildman–Crippen LogP) is 1.75. The number of hydrogen-bond donors (Lipinski definition) is 2. The van der Waals surface area contributed by atoms with Crippen LogP contribution >= 0.6 is 0 Å². The second-order valence-electron chi connectivity index (χ2n) is 4.87. The van der Waals surface area contributed by atoms with Crippen LogP contribution in [-0.4, -0.2) is 18.1 Å². The summed E-state index contributed by atoms with van der Waals surface area (Å²) >= 11 is 0. The maximum Gasteiger partial charge on any atom is 0.260 e. The molecule has 2 rings (SSSR count). The van der Waals surface area contributed by atoms with Crippen LogP contribution in [0.4, 0.5) is 0 Å². The van der Waals surface area contributed by atoms with Crippen LogP contribution in [-0.2, 0) is 4.79 Å². The van der Waals surface area contributed by atoms with Gasteiger partial charge in [-0.15, -0.1) is 0 Å². The predicted molar refractivity (Wildman–Crippen MR) is 70.3 cm³/mol. The molecule has 2 atom stereocenters. The highest BCUT2D eigenvalue weighted by atomic mass is 16.5. The minimum absolute atomic E-state index is 0.0584. The van der Waals surface area contributed by atoms with Crippen LogP contribution in [0, 0.1) is 0 Å². The maximum atomic E-state index is 11.8. The van der Waals surface area contributed by atoms with Gasteiger partial charge in [0.2, 0.25) is 0 Å². The van der Waals surface area contributed by atoms with Crippen molar-refractivity contribution >= 4 is 5.91 Å². The lowest BCUT2D eigenvalue weighted by molar-refractivity contribution is -0.127. The molecule has 1 amide bonds. The Morgan fingerprint density at radius 1 is 1.39 bits per heavy atom. The van der Waals surface area contributed by atoms with Gasteiger partial charge in [-0.1, -0.05) is 18.2 Å². The highest BCUT2D eigenvalue weighted by Gasteiger charge is 2.26. The molecule has 98 valence electrons. The van der Waals surface area contributed by atoms with Crippen LogP contribution < -0.4 is 15.8 Å². The van der Waals surface area contributed by atoms with Gasteiger partial charge in [-0.2, -0.15) is 0 Å². The second-order valence-corrected chi connectivity index (χ2v) is 4.87. The van der Waals surface area contributed by atoms with Crippen LogP contribution in [0.3, 0.4) is 0 Å². The fraction of sp³-hybridized carbons (Fsp3) is 0.500. The van der Waals surface area contributed by atoms with Crippen LogP contribution in [0.5, 0.6) is 5.75 Å². The third-order valence-corrected chi connectivity index (χ3v) is 3.01. The zero-order chi connectivity index (χ0) is 13.1. The number of carbonyl (C=O) groups excluding carboxylic acids is 1. The number of benzene rings is 1. The van der Waals surface area contributed by atoms with Gasteiger partial charge in [0.05, 0.1) is 0 Å². The minimum atomic E-state index is -0.495. The molecule has 2 unspecified atom stereocenters. The molecule has 0 spiro atoms. The quantitative estimate of drug-likeness (QED) is 0.834. The average molecular weight is 248 g/mol. The van der Waals surface area contributed by atoms with E-state index in [4.69, 9.17) is 10.5 Å². The molecule has 3 N–H and O–H groups in total. The third kappa shape index (κ3) is 3.23. The van der Waals surface area contributed by atoms with Crippen molar-refractivity contribution < 1.29 is 9.53 Å². The normalized spacial score (nSPS) is 17.9. The number of nitrogens with one attached hydrogen (secondary N) is 1. The summed E-state index contributed by atoms with van der Waals surface area (Å²) in [7, 11) is 0. The van der Waals surface area contributed by atoms with Crippen molar-refractivity contribution in [1.82, 2.24) is 5.32 Å². The smallest absolute Gasteiger partial charge is 0.260 e. The van der Waals surface area contributed by atoms with Gasteiger partial charge in [-0.3, -0.25) is 4.79 Å². The van der Waals surface area contributed by atoms with Crippen molar-refractivity contribution in [2.24, 2.45) is 5.73 Å². The van der Waals surface area contributed by atoms with E-state index in [1.54, 1.807) is 6.92 Å². The summed E-state index contributed by atoms with van der Waals surface area (Å²) in [5.41, 5.74) is 6.80. The molecule has 1 aromatic carbocycles. The van der Waals surface area contributed by atoms with Crippen molar-refractivity contribution in [2.75, 3.05) is 0 Å². The highest BCUT2D eigenvalue weighted by molar-refractivity contribution is 5.81. The Morgan fingerprint density at radius 2 is 2.06 bits per heavy atom. The summed E-state index contributed by atoms with van der Waals surface area (Å²) in [6.07, 6.45) is 1.66. The number of amides is 1. The lowest BCUT2D eigenvalue weighted by atomic mass is 10.1. The monoisotopic (exact) mass is 248 g/mol. The molecule has 18 heavy (non-hydrogen) atoms. The van der Waals surface area contributed by atoms with Gasteiger partial charge in [0, 0.05) is 17.6 Å². The largest absolute Gasteiger partial charge is 0.481 e. The fourth-order valence-electron chi connectivity index (χ4n) is 1.75. The molecule has 4 heteroatoms. The van der Waals surface area contributed by atoms with Gasteiger partial charge >= 0.3 is 0 Å². The first-order valence-corrected chi connectivity index (χ1v) is 6.39. The van der Waals surface area contributed by atoms with E-state index >= 15 is 0 Å². The molecular weight excluding hydrogens is 228 g/mol. The summed E-state index contributed by atoms with van der Waals surface area (Å²) in [5, 5.41) is 2.93. The number of ether oxygens (including phenoxy) is 1. The molecule has 0 aliphatic heterocycles. The van der Waals surface area contributed by atoms with Crippen molar-refractivity contribution in [3.8, 4) is 5.75 Å². The van der Waals surface area contributed by atoms with Crippen molar-refractivity contribution in [1.29, 1.82) is 0 Å². The van der Waals surface area contributed by atoms with Crippen molar-refractivity contribution in [3.05, 3.63) is 29.8 Å². The molecule has 0 radical (unpaired) electrons. The Balaban J connectivity index is 2.01. The van der Waals surface area contributed by atoms with E-state index in [0.29, 0.717) is 11.8 Å². The Kier molecular flexibility index (Phi) is 3.87. The van der Waals surface area contributed by atoms with E-state index in [9.17, 15) is 4.79 Å². The molecule has 0 heterocycles. The first-order valence-electron chi connectivity index (χ1n) is 6.39. The summed E-state index contributed by atoms with van der Waals surface area (Å²) in [6.45, 7) is 3.66. The molecule has 0 bridgehead atoms. The zero-order valence-electron chi connectivity index (χ0n) is 10.8. The van der Waals surface area contributed by atoms with Gasteiger partial charge in [0.1, 0.15) is 5.75 Å². The Bertz CT molecular complexity index is 428. The van der Waals surface area contributed by atoms with Crippen LogP contribution in [0.15, 0.2) is 24.3 Å². The Labute approximate surface area is 108 Å². The van der Waals surface area contributed by atoms with Crippen LogP contribution in [0.2, 0.25) is 0 Å². The fourth-order valence-corrected chi connectivity index (χ4v) is 1.75. The van der Waals surface area contributed by atoms with Gasteiger partial charge in [-0.25, -0.2) is 0 Å². The summed E-state index contributed by atoms with van der Waals surface area (Å²) in [6, 6.07) is 7.81. The molecule has 0 saturated heterocycles. The summed E-state index contributed by atoms with van der Waals surface area (Å²) < 4.78 is 5.71. The van der Waals surface area contributed by atoms with Gasteiger partial charge in [0.25, 0.3) is 5.91 Å². The lowest BCUT2D eigenvalue weighted by Gasteiger charge is -2.18. The molecule has 1 aliphatic rings. The van der Waals surface area contributed by atoms with E-state index in [0.717, 1.165) is 18.4 Å². The van der Waals surface area contributed by atoms with Gasteiger partial charge in [0.15, 0.2) is 6.10 Å². The SMILES string of the molecule is CC(Oc1ccccc1C(C)N)C(=O)NC1CC1.